The molecule has 0 spiro atoms. The molecule has 1 N–H and O–H groups in total. The molecule has 1 unspecified atom stereocenters. The van der Waals surface area contributed by atoms with E-state index >= 15 is 0 Å². The molecule has 0 aromatic rings. The second-order valence-corrected chi connectivity index (χ2v) is 8.98. The van der Waals surface area contributed by atoms with E-state index < -0.39 is 28.8 Å². The molecule has 0 bridgehead atoms. The minimum Gasteiger partial charge on any atom is -1.00 e. The minimum atomic E-state index is -4.84. The first-order valence-electron chi connectivity index (χ1n) is 11.7. The van der Waals surface area contributed by atoms with E-state index in [1.54, 1.807) is 0 Å². The SMILES string of the molecule is CCCCCCCCCC(CCCCCCCC)OC(=O)CCC(=O)OS(=O)(=O)O.[H-].[H-].[Na+].[Na+]. The van der Waals surface area contributed by atoms with Gasteiger partial charge in [0, 0.05) is 0 Å². The van der Waals surface area contributed by atoms with Crippen LogP contribution in [0, 0.1) is 0 Å². The van der Waals surface area contributed by atoms with Crippen LogP contribution in [0.5, 0.6) is 0 Å². The van der Waals surface area contributed by atoms with E-state index in [1.165, 1.54) is 57.8 Å². The normalized spacial score (nSPS) is 11.7. The Morgan fingerprint density at radius 1 is 0.719 bits per heavy atom. The predicted molar refractivity (Wildman–Crippen MR) is 120 cm³/mol. The third kappa shape index (κ3) is 27.1. The fourth-order valence-corrected chi connectivity index (χ4v) is 3.67. The second kappa shape index (κ2) is 25.0. The molecule has 0 saturated carbocycles. The molecule has 7 nitrogen and oxygen atoms in total. The van der Waals surface area contributed by atoms with Gasteiger partial charge in [-0.2, -0.15) is 8.42 Å². The van der Waals surface area contributed by atoms with Gasteiger partial charge in [0.1, 0.15) is 6.10 Å². The zero-order valence-corrected chi connectivity index (χ0v) is 25.7. The molecule has 0 heterocycles. The van der Waals surface area contributed by atoms with Crippen LogP contribution in [0.3, 0.4) is 0 Å². The van der Waals surface area contributed by atoms with Gasteiger partial charge in [-0.3, -0.25) is 14.1 Å². The maximum Gasteiger partial charge on any atom is 1.00 e. The van der Waals surface area contributed by atoms with Crippen LogP contribution < -0.4 is 59.1 Å². The van der Waals surface area contributed by atoms with E-state index in [0.717, 1.165) is 38.5 Å². The minimum absolute atomic E-state index is 0. The zero-order chi connectivity index (χ0) is 22.7. The van der Waals surface area contributed by atoms with Gasteiger partial charge >= 0.3 is 81.5 Å². The molecule has 10 heteroatoms. The van der Waals surface area contributed by atoms with Gasteiger partial charge in [-0.05, 0) is 25.7 Å². The first-order chi connectivity index (χ1) is 14.3. The van der Waals surface area contributed by atoms with Crippen molar-refractivity contribution in [1.82, 2.24) is 0 Å². The van der Waals surface area contributed by atoms with Gasteiger partial charge in [0.2, 0.25) is 0 Å². The van der Waals surface area contributed by atoms with Crippen LogP contribution >= 0.6 is 0 Å². The van der Waals surface area contributed by atoms with Crippen LogP contribution in [0.15, 0.2) is 0 Å². The third-order valence-corrected chi connectivity index (χ3v) is 5.44. The topological polar surface area (TPSA) is 107 Å². The molecule has 0 rings (SSSR count). The Morgan fingerprint density at radius 3 is 1.50 bits per heavy atom. The van der Waals surface area contributed by atoms with Crippen LogP contribution in [0.1, 0.15) is 126 Å². The number of hydrogen-bond acceptors (Lipinski definition) is 6. The summed E-state index contributed by atoms with van der Waals surface area (Å²) in [7, 11) is -4.84. The first kappa shape index (κ1) is 37.4. The van der Waals surface area contributed by atoms with Crippen LogP contribution in [0.2, 0.25) is 0 Å². The Hall–Kier alpha value is 0.850. The maximum absolute atomic E-state index is 12.1. The van der Waals surface area contributed by atoms with Crippen molar-refractivity contribution < 1.29 is 93.4 Å². The van der Waals surface area contributed by atoms with Gasteiger partial charge in [-0.25, -0.2) is 0 Å². The Balaban J connectivity index is -0.000000701. The Labute approximate surface area is 243 Å². The molecule has 0 aliphatic rings. The Kier molecular flexibility index (Phi) is 29.2. The number of unbranched alkanes of at least 4 members (excludes halogenated alkanes) is 11. The zero-order valence-electron chi connectivity index (χ0n) is 22.9. The van der Waals surface area contributed by atoms with Crippen molar-refractivity contribution in [3.05, 3.63) is 0 Å². The van der Waals surface area contributed by atoms with Crippen molar-refractivity contribution in [1.29, 1.82) is 0 Å². The van der Waals surface area contributed by atoms with E-state index in [2.05, 4.69) is 18.0 Å². The van der Waals surface area contributed by atoms with Gasteiger partial charge in [0.15, 0.2) is 0 Å². The summed E-state index contributed by atoms with van der Waals surface area (Å²) in [5.41, 5.74) is 0. The standard InChI is InChI=1S/C22H42O7S.2Na.2H/c1-3-5-7-9-11-13-15-17-20(16-14-12-10-8-6-4-2)28-21(23)18-19-22(24)29-30(25,26)27;;;;/h20H,3-19H2,1-2H3,(H,25,26,27);;;;/q;2*+1;2*-1. The van der Waals surface area contributed by atoms with Gasteiger partial charge in [-0.15, -0.1) is 0 Å². The van der Waals surface area contributed by atoms with E-state index in [-0.39, 0.29) is 74.5 Å². The largest absolute Gasteiger partial charge is 1.00 e. The molecule has 0 aliphatic heterocycles. The summed E-state index contributed by atoms with van der Waals surface area (Å²) >= 11 is 0. The van der Waals surface area contributed by atoms with Gasteiger partial charge < -0.3 is 11.8 Å². The maximum atomic E-state index is 12.1. The van der Waals surface area contributed by atoms with Crippen LogP contribution in [-0.2, 0) is 28.9 Å². The summed E-state index contributed by atoms with van der Waals surface area (Å²) in [5.74, 6) is -1.71. The molecule has 0 fully saturated rings. The number of rotatable bonds is 20. The van der Waals surface area contributed by atoms with Crippen molar-refractivity contribution in [2.45, 2.75) is 129 Å². The fraction of sp³-hybridized carbons (Fsp3) is 0.909. The third-order valence-electron chi connectivity index (χ3n) is 5.04. The molecule has 0 aromatic carbocycles. The second-order valence-electron chi connectivity index (χ2n) is 7.96. The average Bonchev–Trinajstić information content (AvgIpc) is 2.66. The number of carbonyl (C=O) groups excluding carboxylic acids is 2. The smallest absolute Gasteiger partial charge is 1.00 e. The molecule has 0 radical (unpaired) electrons. The fourth-order valence-electron chi connectivity index (χ4n) is 3.35. The Bertz CT molecular complexity index is 567. The summed E-state index contributed by atoms with van der Waals surface area (Å²) in [6.45, 7) is 4.38. The van der Waals surface area contributed by atoms with E-state index in [1.807, 2.05) is 0 Å². The monoisotopic (exact) mass is 498 g/mol. The van der Waals surface area contributed by atoms with Crippen LogP contribution in [0.25, 0.3) is 0 Å². The average molecular weight is 499 g/mol. The van der Waals surface area contributed by atoms with Crippen molar-refractivity contribution in [2.24, 2.45) is 0 Å². The molecular formula is C22H44Na2O7S. The summed E-state index contributed by atoms with van der Waals surface area (Å²) in [5, 5.41) is 0. The van der Waals surface area contributed by atoms with Crippen molar-refractivity contribution in [2.75, 3.05) is 0 Å². The molecule has 32 heavy (non-hydrogen) atoms. The van der Waals surface area contributed by atoms with Gasteiger partial charge in [0.25, 0.3) is 0 Å². The number of hydrogen-bond donors (Lipinski definition) is 1. The van der Waals surface area contributed by atoms with E-state index in [9.17, 15) is 18.0 Å². The van der Waals surface area contributed by atoms with Crippen molar-refractivity contribution in [3.63, 3.8) is 0 Å². The van der Waals surface area contributed by atoms with Gasteiger partial charge in [-0.1, -0.05) is 84.5 Å². The van der Waals surface area contributed by atoms with Crippen LogP contribution in [0.4, 0.5) is 0 Å². The molecule has 182 valence electrons. The molecule has 0 aliphatic carbocycles. The molecule has 0 aromatic heterocycles. The van der Waals surface area contributed by atoms with E-state index in [0.29, 0.717) is 0 Å². The summed E-state index contributed by atoms with van der Waals surface area (Å²) in [6.07, 6.45) is 16.1. The summed E-state index contributed by atoms with van der Waals surface area (Å²) in [4.78, 5) is 23.4. The van der Waals surface area contributed by atoms with Crippen LogP contribution in [-0.4, -0.2) is 31.0 Å². The quantitative estimate of drug-likeness (QED) is 0.110. The molecule has 0 saturated heterocycles. The Morgan fingerprint density at radius 2 is 1.09 bits per heavy atom. The van der Waals surface area contributed by atoms with E-state index in [4.69, 9.17) is 9.29 Å². The number of ether oxygens (including phenoxy) is 1. The first-order valence-corrected chi connectivity index (χ1v) is 13.0. The number of esters is 1. The van der Waals surface area contributed by atoms with Gasteiger partial charge in [0.05, 0.1) is 12.8 Å². The molecule has 0 amide bonds. The molecular weight excluding hydrogens is 454 g/mol. The van der Waals surface area contributed by atoms with Crippen molar-refractivity contribution in [3.8, 4) is 0 Å². The number of carbonyl (C=O) groups is 2. The molecule has 1 atom stereocenters. The van der Waals surface area contributed by atoms with Crippen molar-refractivity contribution >= 4 is 22.3 Å². The summed E-state index contributed by atoms with van der Waals surface area (Å²) < 4.78 is 38.8. The summed E-state index contributed by atoms with van der Waals surface area (Å²) in [6, 6.07) is 0. The predicted octanol–water partition coefficient (Wildman–Crippen LogP) is 0.149.